The zero-order valence-electron chi connectivity index (χ0n) is 23.2. The fourth-order valence-corrected chi connectivity index (χ4v) is 4.36. The van der Waals surface area contributed by atoms with Crippen LogP contribution in [-0.4, -0.2) is 28.3 Å². The van der Waals surface area contributed by atoms with Crippen LogP contribution in [0.3, 0.4) is 0 Å². The molecular formula is C29H37FN4O2S. The summed E-state index contributed by atoms with van der Waals surface area (Å²) in [7, 11) is 1.96. The van der Waals surface area contributed by atoms with Crippen molar-refractivity contribution in [2.75, 3.05) is 11.9 Å². The van der Waals surface area contributed by atoms with Crippen molar-refractivity contribution in [1.29, 1.82) is 0 Å². The molecule has 0 amide bonds. The van der Waals surface area contributed by atoms with Gasteiger partial charge in [0.05, 0.1) is 16.3 Å². The van der Waals surface area contributed by atoms with E-state index in [4.69, 9.17) is 9.72 Å². The highest BCUT2D eigenvalue weighted by molar-refractivity contribution is 7.16. The fourth-order valence-electron chi connectivity index (χ4n) is 3.34. The molecule has 3 aromatic rings. The lowest BCUT2D eigenvalue weighted by Gasteiger charge is -2.21. The number of aryl methyl sites for hydroxylation is 2. The predicted molar refractivity (Wildman–Crippen MR) is 150 cm³/mol. The molecule has 0 aromatic carbocycles. The Kier molecular flexibility index (Phi) is 11.1. The molecule has 198 valence electrons. The molecule has 0 spiro atoms. The molecule has 0 aliphatic carbocycles. The number of thiophene rings is 1. The maximum absolute atomic E-state index is 14.2. The number of ether oxygens (including phenoxy) is 1. The number of allylic oxidation sites excluding steroid dienone is 3. The standard InChI is InChI=1S/C27H31FN4O2S.C2H6/c1-16(2)27-29-9-8-22(31-27)26-12-24(20(6)35-26)32(7)19(5)11-25(18(4)14-33)34-15-23-21(28)10-17(3)13-30-23;1-2/h8-14,16H,15H2,1-7H3;1-2H3/b19-11-,25-18+;. The van der Waals surface area contributed by atoms with Gasteiger partial charge in [-0.1, -0.05) is 27.7 Å². The molecule has 0 aliphatic rings. The Morgan fingerprint density at radius 1 is 1.19 bits per heavy atom. The van der Waals surface area contributed by atoms with Gasteiger partial charge in [0, 0.05) is 41.5 Å². The van der Waals surface area contributed by atoms with Crippen LogP contribution in [0, 0.1) is 19.7 Å². The Hall–Kier alpha value is -3.39. The van der Waals surface area contributed by atoms with Crippen molar-refractivity contribution < 1.29 is 13.9 Å². The third-order valence-electron chi connectivity index (χ3n) is 5.55. The average Bonchev–Trinajstić information content (AvgIpc) is 3.29. The summed E-state index contributed by atoms with van der Waals surface area (Å²) < 4.78 is 20.0. The quantitative estimate of drug-likeness (QED) is 0.125. The smallest absolute Gasteiger partial charge is 0.149 e. The Morgan fingerprint density at radius 3 is 2.51 bits per heavy atom. The molecule has 0 fully saturated rings. The molecule has 0 N–H and O–H groups in total. The first-order valence-corrected chi connectivity index (χ1v) is 13.2. The Morgan fingerprint density at radius 2 is 1.89 bits per heavy atom. The first kappa shape index (κ1) is 29.8. The number of pyridine rings is 1. The van der Waals surface area contributed by atoms with Gasteiger partial charge in [-0.2, -0.15) is 0 Å². The second-order valence-electron chi connectivity index (χ2n) is 8.75. The molecule has 3 heterocycles. The van der Waals surface area contributed by atoms with Crippen molar-refractivity contribution >= 4 is 23.3 Å². The Bertz CT molecular complexity index is 1280. The summed E-state index contributed by atoms with van der Waals surface area (Å²) in [6.45, 7) is 15.5. The minimum atomic E-state index is -0.433. The number of rotatable bonds is 9. The minimum Gasteiger partial charge on any atom is -0.487 e. The van der Waals surface area contributed by atoms with Crippen molar-refractivity contribution in [3.05, 3.63) is 81.5 Å². The third kappa shape index (κ3) is 7.79. The molecule has 37 heavy (non-hydrogen) atoms. The van der Waals surface area contributed by atoms with Crippen LogP contribution < -0.4 is 4.90 Å². The zero-order valence-corrected chi connectivity index (χ0v) is 24.0. The lowest BCUT2D eigenvalue weighted by Crippen LogP contribution is -2.15. The summed E-state index contributed by atoms with van der Waals surface area (Å²) in [5, 5.41) is 0. The van der Waals surface area contributed by atoms with E-state index < -0.39 is 5.82 Å². The van der Waals surface area contributed by atoms with Gasteiger partial charge in [-0.25, -0.2) is 14.4 Å². The zero-order chi connectivity index (χ0) is 27.7. The molecule has 0 saturated carbocycles. The van der Waals surface area contributed by atoms with E-state index in [1.165, 1.54) is 6.07 Å². The first-order valence-electron chi connectivity index (χ1n) is 12.4. The van der Waals surface area contributed by atoms with Crippen molar-refractivity contribution in [2.45, 2.75) is 67.9 Å². The van der Waals surface area contributed by atoms with E-state index in [0.717, 1.165) is 44.5 Å². The molecule has 0 radical (unpaired) electrons. The number of aldehydes is 1. The molecule has 0 atom stereocenters. The molecule has 3 aromatic heterocycles. The number of anilines is 1. The van der Waals surface area contributed by atoms with Crippen LogP contribution >= 0.6 is 11.3 Å². The highest BCUT2D eigenvalue weighted by Gasteiger charge is 2.15. The largest absolute Gasteiger partial charge is 0.487 e. The molecule has 6 nitrogen and oxygen atoms in total. The number of hydrogen-bond acceptors (Lipinski definition) is 7. The SMILES string of the molecule is C/C(=C/C(OCc1ncc(C)cc1F)=C(/C)C=O)N(C)c1cc(-c2ccnc(C(C)C)n2)sc1C.CC. The highest BCUT2D eigenvalue weighted by Crippen LogP contribution is 2.36. The molecule has 0 unspecified atom stereocenters. The lowest BCUT2D eigenvalue weighted by atomic mass is 10.2. The molecule has 0 saturated heterocycles. The van der Waals surface area contributed by atoms with E-state index >= 15 is 0 Å². The van der Waals surface area contributed by atoms with Crippen molar-refractivity contribution in [2.24, 2.45) is 0 Å². The maximum atomic E-state index is 14.2. The second kappa shape index (κ2) is 13.8. The summed E-state index contributed by atoms with van der Waals surface area (Å²) in [6.07, 6.45) is 5.90. The van der Waals surface area contributed by atoms with Crippen molar-refractivity contribution in [3.63, 3.8) is 0 Å². The summed E-state index contributed by atoms with van der Waals surface area (Å²) in [5.41, 5.74) is 4.11. The number of aromatic nitrogens is 3. The average molecular weight is 525 g/mol. The van der Waals surface area contributed by atoms with Crippen LogP contribution in [0.15, 0.2) is 53.7 Å². The summed E-state index contributed by atoms with van der Waals surface area (Å²) >= 11 is 1.67. The summed E-state index contributed by atoms with van der Waals surface area (Å²) in [4.78, 5) is 28.9. The summed E-state index contributed by atoms with van der Waals surface area (Å²) in [5.74, 6) is 1.00. The van der Waals surface area contributed by atoms with Crippen molar-refractivity contribution in [3.8, 4) is 10.6 Å². The van der Waals surface area contributed by atoms with E-state index in [0.29, 0.717) is 11.3 Å². The number of carbonyl (C=O) groups is 1. The number of halogens is 1. The Labute approximate surface area is 224 Å². The van der Waals surface area contributed by atoms with Gasteiger partial charge in [0.25, 0.3) is 0 Å². The number of nitrogens with zero attached hydrogens (tertiary/aromatic N) is 4. The topological polar surface area (TPSA) is 68.2 Å². The van der Waals surface area contributed by atoms with Crippen LogP contribution in [-0.2, 0) is 16.1 Å². The van der Waals surface area contributed by atoms with Gasteiger partial charge in [0.1, 0.15) is 36.0 Å². The second-order valence-corrected chi connectivity index (χ2v) is 10.0. The van der Waals surface area contributed by atoms with Gasteiger partial charge < -0.3 is 9.64 Å². The van der Waals surface area contributed by atoms with Crippen LogP contribution in [0.25, 0.3) is 10.6 Å². The highest BCUT2D eigenvalue weighted by atomic mass is 32.1. The van der Waals surface area contributed by atoms with Gasteiger partial charge >= 0.3 is 0 Å². The normalized spacial score (nSPS) is 12.0. The van der Waals surface area contributed by atoms with Gasteiger partial charge in [-0.15, -0.1) is 11.3 Å². The monoisotopic (exact) mass is 524 g/mol. The Balaban J connectivity index is 0.00000235. The van der Waals surface area contributed by atoms with Crippen molar-refractivity contribution in [1.82, 2.24) is 15.0 Å². The van der Waals surface area contributed by atoms with E-state index in [9.17, 15) is 9.18 Å². The van der Waals surface area contributed by atoms with Gasteiger partial charge in [0.15, 0.2) is 0 Å². The van der Waals surface area contributed by atoms with Gasteiger partial charge in [-0.3, -0.25) is 9.78 Å². The van der Waals surface area contributed by atoms with Crippen LogP contribution in [0.2, 0.25) is 0 Å². The first-order chi connectivity index (χ1) is 17.6. The minimum absolute atomic E-state index is 0.0757. The van der Waals surface area contributed by atoms with Crippen LogP contribution in [0.1, 0.15) is 69.4 Å². The van der Waals surface area contributed by atoms with E-state index in [-0.39, 0.29) is 18.2 Å². The summed E-state index contributed by atoms with van der Waals surface area (Å²) in [6, 6.07) is 5.44. The lowest BCUT2D eigenvalue weighted by molar-refractivity contribution is -0.105. The number of carbonyl (C=O) groups excluding carboxylic acids is 1. The fraction of sp³-hybridized carbons (Fsp3) is 0.379. The van der Waals surface area contributed by atoms with E-state index in [2.05, 4.69) is 36.8 Å². The van der Waals surface area contributed by atoms with E-state index in [1.54, 1.807) is 43.7 Å². The third-order valence-corrected chi connectivity index (χ3v) is 6.61. The molecule has 3 rings (SSSR count). The van der Waals surface area contributed by atoms with Gasteiger partial charge in [0.2, 0.25) is 0 Å². The number of hydrogen-bond donors (Lipinski definition) is 0. The molecular weight excluding hydrogens is 487 g/mol. The molecule has 0 aliphatic heterocycles. The predicted octanol–water partition coefficient (Wildman–Crippen LogP) is 7.54. The maximum Gasteiger partial charge on any atom is 0.149 e. The van der Waals surface area contributed by atoms with Crippen LogP contribution in [0.4, 0.5) is 10.1 Å². The van der Waals surface area contributed by atoms with Crippen LogP contribution in [0.5, 0.6) is 0 Å². The molecule has 0 bridgehead atoms. The molecule has 8 heteroatoms. The van der Waals surface area contributed by atoms with E-state index in [1.807, 2.05) is 38.8 Å². The van der Waals surface area contributed by atoms with Gasteiger partial charge in [-0.05, 0) is 57.5 Å².